The molecule has 1 heterocycles. The lowest BCUT2D eigenvalue weighted by Gasteiger charge is -1.76. The molecule has 8 heavy (non-hydrogen) atoms. The van der Waals surface area contributed by atoms with E-state index in [1.807, 2.05) is 0 Å². The summed E-state index contributed by atoms with van der Waals surface area (Å²) in [5.74, 6) is 0. The number of rotatable bonds is 0. The zero-order chi connectivity index (χ0) is 6.15. The fraction of sp³-hybridized carbons (Fsp3) is 0. The summed E-state index contributed by atoms with van der Waals surface area (Å²) in [6.45, 7) is 0. The lowest BCUT2D eigenvalue weighted by Crippen LogP contribution is -1.77. The average molecular weight is 258 g/mol. The third-order valence-electron chi connectivity index (χ3n) is 0.584. The lowest BCUT2D eigenvalue weighted by molar-refractivity contribution is 1.33. The zero-order valence-electron chi connectivity index (χ0n) is 3.69. The second-order valence-electron chi connectivity index (χ2n) is 1.12. The molecule has 0 radical (unpaired) electrons. The molecule has 0 spiro atoms. The van der Waals surface area contributed by atoms with Crippen molar-refractivity contribution in [2.45, 2.75) is 0 Å². The topological polar surface area (TPSA) is 38.9 Å². The van der Waals surface area contributed by atoms with Crippen LogP contribution < -0.4 is 5.73 Å². The Morgan fingerprint density at radius 3 is 2.25 bits per heavy atom. The van der Waals surface area contributed by atoms with Gasteiger partial charge in [-0.05, 0) is 31.9 Å². The predicted molar refractivity (Wildman–Crippen MR) is 41.9 cm³/mol. The van der Waals surface area contributed by atoms with E-state index >= 15 is 0 Å². The van der Waals surface area contributed by atoms with E-state index in [9.17, 15) is 0 Å². The van der Waals surface area contributed by atoms with E-state index < -0.39 is 0 Å². The van der Waals surface area contributed by atoms with Crippen LogP contribution in [0.25, 0.3) is 0 Å². The number of nitrogens with two attached hydrogens (primary N) is 1. The minimum absolute atomic E-state index is 0.705. The van der Waals surface area contributed by atoms with Crippen LogP contribution in [0.4, 0.5) is 5.00 Å². The Balaban J connectivity index is 3.14. The number of nitrogens with zero attached hydrogens (tertiary/aromatic N) is 1. The van der Waals surface area contributed by atoms with Gasteiger partial charge in [-0.25, -0.2) is 4.98 Å². The molecule has 1 aromatic heterocycles. The van der Waals surface area contributed by atoms with Gasteiger partial charge in [0.25, 0.3) is 0 Å². The maximum Gasteiger partial charge on any atom is 0.162 e. The largest absolute Gasteiger partial charge is 0.388 e. The third-order valence-corrected chi connectivity index (χ3v) is 2.79. The molecule has 5 heteroatoms. The van der Waals surface area contributed by atoms with Crippen molar-refractivity contribution in [2.75, 3.05) is 5.73 Å². The smallest absolute Gasteiger partial charge is 0.162 e. The van der Waals surface area contributed by atoms with Crippen LogP contribution in [0.15, 0.2) is 8.52 Å². The van der Waals surface area contributed by atoms with Gasteiger partial charge < -0.3 is 5.73 Å². The summed E-state index contributed by atoms with van der Waals surface area (Å²) in [4.78, 5) is 3.94. The molecule has 0 bridgehead atoms. The molecule has 0 fully saturated rings. The summed E-state index contributed by atoms with van der Waals surface area (Å²) in [6.07, 6.45) is 0. The van der Waals surface area contributed by atoms with Crippen molar-refractivity contribution < 1.29 is 0 Å². The number of hydrogen-bond acceptors (Lipinski definition) is 3. The molecule has 0 unspecified atom stereocenters. The van der Waals surface area contributed by atoms with E-state index in [2.05, 4.69) is 36.8 Å². The van der Waals surface area contributed by atoms with E-state index in [0.717, 1.165) is 8.52 Å². The molecule has 0 aliphatic carbocycles. The third kappa shape index (κ3) is 1.21. The van der Waals surface area contributed by atoms with Crippen molar-refractivity contribution >= 4 is 48.2 Å². The van der Waals surface area contributed by atoms with Crippen LogP contribution in [0.1, 0.15) is 0 Å². The highest BCUT2D eigenvalue weighted by molar-refractivity contribution is 9.11. The van der Waals surface area contributed by atoms with Crippen molar-refractivity contribution in [3.8, 4) is 0 Å². The summed E-state index contributed by atoms with van der Waals surface area (Å²) in [5.41, 5.74) is 5.42. The summed E-state index contributed by atoms with van der Waals surface area (Å²) in [7, 11) is 0. The monoisotopic (exact) mass is 256 g/mol. The molecule has 0 saturated carbocycles. The number of aromatic nitrogens is 1. The molecule has 0 aromatic carbocycles. The minimum Gasteiger partial charge on any atom is -0.388 e. The predicted octanol–water partition coefficient (Wildman–Crippen LogP) is 2.25. The van der Waals surface area contributed by atoms with E-state index in [1.165, 1.54) is 11.3 Å². The Kier molecular flexibility index (Phi) is 1.89. The van der Waals surface area contributed by atoms with E-state index in [0.29, 0.717) is 5.00 Å². The van der Waals surface area contributed by atoms with E-state index in [1.54, 1.807) is 0 Å². The first-order valence-electron chi connectivity index (χ1n) is 1.77. The highest BCUT2D eigenvalue weighted by Gasteiger charge is 1.99. The molecule has 2 nitrogen and oxygen atoms in total. The van der Waals surface area contributed by atoms with E-state index in [4.69, 9.17) is 5.73 Å². The standard InChI is InChI=1S/C3H2Br2N2S/c4-1-2(6)8-3(5)7-1/h6H2. The Morgan fingerprint density at radius 2 is 2.12 bits per heavy atom. The van der Waals surface area contributed by atoms with Gasteiger partial charge in [-0.1, -0.05) is 11.3 Å². The second kappa shape index (κ2) is 2.33. The molecule has 44 valence electrons. The maximum atomic E-state index is 5.42. The molecule has 0 aliphatic rings. The molecule has 1 aromatic rings. The Labute approximate surface area is 67.4 Å². The highest BCUT2D eigenvalue weighted by Crippen LogP contribution is 2.28. The van der Waals surface area contributed by atoms with Crippen molar-refractivity contribution in [1.29, 1.82) is 0 Å². The van der Waals surface area contributed by atoms with Crippen LogP contribution in [0.3, 0.4) is 0 Å². The summed E-state index contributed by atoms with van der Waals surface area (Å²) in [5, 5.41) is 0.705. The van der Waals surface area contributed by atoms with Crippen LogP contribution in [0.2, 0.25) is 0 Å². The van der Waals surface area contributed by atoms with E-state index in [-0.39, 0.29) is 0 Å². The van der Waals surface area contributed by atoms with Crippen molar-refractivity contribution in [2.24, 2.45) is 0 Å². The number of thiazole rings is 1. The quantitative estimate of drug-likeness (QED) is 0.775. The number of hydrogen-bond donors (Lipinski definition) is 1. The van der Waals surface area contributed by atoms with Gasteiger partial charge in [-0.15, -0.1) is 0 Å². The molecular weight excluding hydrogens is 256 g/mol. The molecule has 0 aliphatic heterocycles. The van der Waals surface area contributed by atoms with Crippen LogP contribution in [-0.4, -0.2) is 4.98 Å². The number of nitrogen functional groups attached to an aromatic ring is 1. The van der Waals surface area contributed by atoms with Gasteiger partial charge in [-0.3, -0.25) is 0 Å². The first-order chi connectivity index (χ1) is 3.70. The van der Waals surface area contributed by atoms with Gasteiger partial charge in [0.1, 0.15) is 9.60 Å². The van der Waals surface area contributed by atoms with Crippen molar-refractivity contribution in [3.05, 3.63) is 8.52 Å². The summed E-state index contributed by atoms with van der Waals surface area (Å²) in [6, 6.07) is 0. The number of anilines is 1. The molecular formula is C3H2Br2N2S. The van der Waals surface area contributed by atoms with Crippen LogP contribution in [-0.2, 0) is 0 Å². The minimum atomic E-state index is 0.705. The van der Waals surface area contributed by atoms with Gasteiger partial charge >= 0.3 is 0 Å². The van der Waals surface area contributed by atoms with Gasteiger partial charge in [-0.2, -0.15) is 0 Å². The van der Waals surface area contributed by atoms with Crippen molar-refractivity contribution in [1.82, 2.24) is 4.98 Å². The van der Waals surface area contributed by atoms with Crippen LogP contribution in [0.5, 0.6) is 0 Å². The molecule has 1 rings (SSSR count). The Morgan fingerprint density at radius 1 is 1.50 bits per heavy atom. The summed E-state index contributed by atoms with van der Waals surface area (Å²) < 4.78 is 1.52. The first kappa shape index (κ1) is 6.51. The summed E-state index contributed by atoms with van der Waals surface area (Å²) >= 11 is 7.75. The Hall–Kier alpha value is 0.390. The van der Waals surface area contributed by atoms with Gasteiger partial charge in [0.2, 0.25) is 0 Å². The molecule has 2 N–H and O–H groups in total. The average Bonchev–Trinajstić information content (AvgIpc) is 1.85. The van der Waals surface area contributed by atoms with Crippen LogP contribution in [0, 0.1) is 0 Å². The fourth-order valence-corrected chi connectivity index (χ4v) is 2.21. The molecule has 0 saturated heterocycles. The SMILES string of the molecule is Nc1sc(Br)nc1Br. The number of halogens is 2. The van der Waals surface area contributed by atoms with Gasteiger partial charge in [0, 0.05) is 0 Å². The van der Waals surface area contributed by atoms with Crippen molar-refractivity contribution in [3.63, 3.8) is 0 Å². The fourth-order valence-electron chi connectivity index (χ4n) is 0.288. The molecule has 0 atom stereocenters. The highest BCUT2D eigenvalue weighted by atomic mass is 79.9. The normalized spacial score (nSPS) is 9.75. The van der Waals surface area contributed by atoms with Crippen LogP contribution >= 0.6 is 43.2 Å². The molecule has 0 amide bonds. The first-order valence-corrected chi connectivity index (χ1v) is 4.17. The van der Waals surface area contributed by atoms with Gasteiger partial charge in [0.05, 0.1) is 0 Å². The second-order valence-corrected chi connectivity index (χ2v) is 4.18. The van der Waals surface area contributed by atoms with Gasteiger partial charge in [0.15, 0.2) is 3.92 Å². The zero-order valence-corrected chi connectivity index (χ0v) is 7.68. The Bertz CT molecular complexity index is 178. The maximum absolute atomic E-state index is 5.42. The lowest BCUT2D eigenvalue weighted by atomic mass is 10.9.